The van der Waals surface area contributed by atoms with Gasteiger partial charge in [-0.15, -0.1) is 0 Å². The summed E-state index contributed by atoms with van der Waals surface area (Å²) < 4.78 is 11.3. The van der Waals surface area contributed by atoms with Gasteiger partial charge in [-0.1, -0.05) is 17.7 Å². The summed E-state index contributed by atoms with van der Waals surface area (Å²) in [5.41, 5.74) is 2.46. The van der Waals surface area contributed by atoms with Crippen LogP contribution < -0.4 is 15.4 Å². The van der Waals surface area contributed by atoms with E-state index in [0.717, 1.165) is 31.9 Å². The molecule has 2 rings (SSSR count). The second-order valence-electron chi connectivity index (χ2n) is 5.02. The Morgan fingerprint density at radius 1 is 1.53 bits per heavy atom. The van der Waals surface area contributed by atoms with Crippen molar-refractivity contribution in [2.45, 2.75) is 25.5 Å². The van der Waals surface area contributed by atoms with Gasteiger partial charge in [0.1, 0.15) is 5.75 Å². The molecular weight excluding hydrogens is 240 g/mol. The number of nitrogens with one attached hydrogen (secondary N) is 2. The third-order valence-electron chi connectivity index (χ3n) is 3.61. The van der Waals surface area contributed by atoms with Crippen LogP contribution in [0.2, 0.25) is 0 Å². The highest BCUT2D eigenvalue weighted by atomic mass is 16.5. The van der Waals surface area contributed by atoms with Crippen LogP contribution in [0.25, 0.3) is 0 Å². The Morgan fingerprint density at radius 2 is 2.37 bits per heavy atom. The molecular formula is C15H24N2O2. The molecule has 1 aliphatic rings. The molecule has 0 saturated carbocycles. The van der Waals surface area contributed by atoms with Gasteiger partial charge in [-0.05, 0) is 26.5 Å². The molecule has 1 saturated heterocycles. The molecule has 106 valence electrons. The maximum atomic E-state index is 5.79. The van der Waals surface area contributed by atoms with Crippen LogP contribution in [0.4, 0.5) is 0 Å². The molecule has 0 aliphatic carbocycles. The molecule has 0 radical (unpaired) electrons. The molecule has 1 aromatic carbocycles. The van der Waals surface area contributed by atoms with E-state index in [1.165, 1.54) is 11.1 Å². The molecule has 0 amide bonds. The van der Waals surface area contributed by atoms with E-state index < -0.39 is 0 Å². The van der Waals surface area contributed by atoms with E-state index in [0.29, 0.717) is 0 Å². The maximum absolute atomic E-state index is 5.79. The van der Waals surface area contributed by atoms with Crippen LogP contribution in [0, 0.1) is 6.92 Å². The van der Waals surface area contributed by atoms with Crippen molar-refractivity contribution in [2.75, 3.05) is 33.9 Å². The van der Waals surface area contributed by atoms with E-state index in [2.05, 4.69) is 29.7 Å². The minimum Gasteiger partial charge on any atom is -0.496 e. The summed E-state index contributed by atoms with van der Waals surface area (Å²) in [5, 5.41) is 6.75. The molecule has 2 atom stereocenters. The molecule has 0 aromatic heterocycles. The lowest BCUT2D eigenvalue weighted by molar-refractivity contribution is 0.0175. The van der Waals surface area contributed by atoms with Gasteiger partial charge in [-0.3, -0.25) is 0 Å². The summed E-state index contributed by atoms with van der Waals surface area (Å²) in [6, 6.07) is 6.55. The summed E-state index contributed by atoms with van der Waals surface area (Å²) in [7, 11) is 3.71. The van der Waals surface area contributed by atoms with Crippen molar-refractivity contribution in [1.82, 2.24) is 10.6 Å². The first-order valence-electron chi connectivity index (χ1n) is 6.88. The number of hydrogen-bond donors (Lipinski definition) is 2. The number of aryl methyl sites for hydroxylation is 1. The monoisotopic (exact) mass is 264 g/mol. The zero-order valence-electron chi connectivity index (χ0n) is 12.0. The molecule has 0 spiro atoms. The Hall–Kier alpha value is -1.10. The fraction of sp³-hybridized carbons (Fsp3) is 0.600. The Kier molecular flexibility index (Phi) is 5.19. The zero-order valence-corrected chi connectivity index (χ0v) is 12.0. The molecule has 1 aromatic rings. The highest BCUT2D eigenvalue weighted by Crippen LogP contribution is 2.29. The average molecular weight is 264 g/mol. The van der Waals surface area contributed by atoms with E-state index in [1.807, 2.05) is 13.1 Å². The fourth-order valence-corrected chi connectivity index (χ4v) is 2.56. The van der Waals surface area contributed by atoms with Gasteiger partial charge >= 0.3 is 0 Å². The molecule has 1 aliphatic heterocycles. The number of methoxy groups -OCH3 is 1. The smallest absolute Gasteiger partial charge is 0.123 e. The molecule has 1 fully saturated rings. The van der Waals surface area contributed by atoms with Crippen molar-refractivity contribution < 1.29 is 9.47 Å². The summed E-state index contributed by atoms with van der Waals surface area (Å²) in [5.74, 6) is 0.939. The van der Waals surface area contributed by atoms with Gasteiger partial charge in [-0.2, -0.15) is 0 Å². The summed E-state index contributed by atoms with van der Waals surface area (Å²) in [4.78, 5) is 0. The van der Waals surface area contributed by atoms with Gasteiger partial charge in [-0.25, -0.2) is 0 Å². The molecule has 1 heterocycles. The minimum absolute atomic E-state index is 0.250. The van der Waals surface area contributed by atoms with Crippen molar-refractivity contribution in [3.8, 4) is 5.75 Å². The van der Waals surface area contributed by atoms with E-state index in [-0.39, 0.29) is 12.1 Å². The summed E-state index contributed by atoms with van der Waals surface area (Å²) >= 11 is 0. The average Bonchev–Trinajstić information content (AvgIpc) is 2.46. The van der Waals surface area contributed by atoms with Crippen molar-refractivity contribution in [3.05, 3.63) is 29.3 Å². The number of rotatable bonds is 5. The van der Waals surface area contributed by atoms with Gasteiger partial charge < -0.3 is 20.1 Å². The number of ether oxygens (including phenoxy) is 2. The lowest BCUT2D eigenvalue weighted by Gasteiger charge is -2.28. The van der Waals surface area contributed by atoms with Crippen molar-refractivity contribution in [1.29, 1.82) is 0 Å². The third kappa shape index (κ3) is 3.69. The largest absolute Gasteiger partial charge is 0.496 e. The topological polar surface area (TPSA) is 42.5 Å². The predicted octanol–water partition coefficient (Wildman–Crippen LogP) is 1.64. The first-order chi connectivity index (χ1) is 9.24. The van der Waals surface area contributed by atoms with E-state index >= 15 is 0 Å². The molecule has 0 bridgehead atoms. The SMILES string of the molecule is CNC(CC1CNCCO1)c1cc(C)ccc1OC. The highest BCUT2D eigenvalue weighted by Gasteiger charge is 2.21. The summed E-state index contributed by atoms with van der Waals surface area (Å²) in [6.07, 6.45) is 1.21. The van der Waals surface area contributed by atoms with Crippen LogP contribution in [0.15, 0.2) is 18.2 Å². The standard InChI is InChI=1S/C15H24N2O2/c1-11-4-5-15(18-3)13(8-11)14(16-2)9-12-10-17-6-7-19-12/h4-5,8,12,14,16-17H,6-7,9-10H2,1-3H3. The van der Waals surface area contributed by atoms with Crippen LogP contribution in [-0.2, 0) is 4.74 Å². The molecule has 19 heavy (non-hydrogen) atoms. The number of hydrogen-bond acceptors (Lipinski definition) is 4. The Balaban J connectivity index is 2.13. The van der Waals surface area contributed by atoms with Gasteiger partial charge in [0.05, 0.1) is 19.8 Å². The van der Waals surface area contributed by atoms with Crippen LogP contribution in [0.3, 0.4) is 0 Å². The molecule has 2 unspecified atom stereocenters. The number of morpholine rings is 1. The maximum Gasteiger partial charge on any atom is 0.123 e. The quantitative estimate of drug-likeness (QED) is 0.848. The highest BCUT2D eigenvalue weighted by molar-refractivity contribution is 5.39. The Morgan fingerprint density at radius 3 is 3.00 bits per heavy atom. The summed E-state index contributed by atoms with van der Waals surface area (Å²) in [6.45, 7) is 4.78. The predicted molar refractivity (Wildman–Crippen MR) is 76.8 cm³/mol. The second kappa shape index (κ2) is 6.89. The third-order valence-corrected chi connectivity index (χ3v) is 3.61. The zero-order chi connectivity index (χ0) is 13.7. The lowest BCUT2D eigenvalue weighted by atomic mass is 9.97. The molecule has 4 heteroatoms. The minimum atomic E-state index is 0.250. The van der Waals surface area contributed by atoms with Gasteiger partial charge in [0.25, 0.3) is 0 Å². The first kappa shape index (κ1) is 14.3. The van der Waals surface area contributed by atoms with Crippen molar-refractivity contribution in [3.63, 3.8) is 0 Å². The van der Waals surface area contributed by atoms with Gasteiger partial charge in [0.2, 0.25) is 0 Å². The van der Waals surface area contributed by atoms with Crippen molar-refractivity contribution in [2.24, 2.45) is 0 Å². The lowest BCUT2D eigenvalue weighted by Crippen LogP contribution is -2.40. The molecule has 2 N–H and O–H groups in total. The van der Waals surface area contributed by atoms with Crippen molar-refractivity contribution >= 4 is 0 Å². The fourth-order valence-electron chi connectivity index (χ4n) is 2.56. The van der Waals surface area contributed by atoms with Crippen LogP contribution in [-0.4, -0.2) is 40.0 Å². The van der Waals surface area contributed by atoms with E-state index in [4.69, 9.17) is 9.47 Å². The Labute approximate surface area is 115 Å². The van der Waals surface area contributed by atoms with Gasteiger partial charge in [0.15, 0.2) is 0 Å². The first-order valence-corrected chi connectivity index (χ1v) is 6.88. The second-order valence-corrected chi connectivity index (χ2v) is 5.02. The normalized spacial score (nSPS) is 21.1. The van der Waals surface area contributed by atoms with E-state index in [1.54, 1.807) is 7.11 Å². The van der Waals surface area contributed by atoms with Crippen LogP contribution >= 0.6 is 0 Å². The van der Waals surface area contributed by atoms with E-state index in [9.17, 15) is 0 Å². The Bertz CT molecular complexity index is 403. The van der Waals surface area contributed by atoms with Gasteiger partial charge in [0, 0.05) is 24.7 Å². The molecule has 4 nitrogen and oxygen atoms in total. The number of benzene rings is 1. The van der Waals surface area contributed by atoms with Crippen LogP contribution in [0.5, 0.6) is 5.75 Å². The van der Waals surface area contributed by atoms with Crippen LogP contribution in [0.1, 0.15) is 23.6 Å².